The molecule has 0 saturated carbocycles. The number of phosphoric acid groups is 1. The van der Waals surface area contributed by atoms with E-state index in [9.17, 15) is 9.36 Å². The summed E-state index contributed by atoms with van der Waals surface area (Å²) in [7, 11) is -4.63. The Morgan fingerprint density at radius 3 is 2.10 bits per heavy atom. The predicted octanol–water partition coefficient (Wildman–Crippen LogP) is -1.32. The smallest absolute Gasteiger partial charge is 0.350 e. The second-order valence-electron chi connectivity index (χ2n) is 1.05. The molecule has 0 rings (SSSR count). The molecule has 0 aliphatic carbocycles. The van der Waals surface area contributed by atoms with E-state index in [1.54, 1.807) is 0 Å². The van der Waals surface area contributed by atoms with Gasteiger partial charge in [-0.05, 0) is 0 Å². The maximum Gasteiger partial charge on any atom is 0.491 e. The van der Waals surface area contributed by atoms with Crippen LogP contribution in [0.15, 0.2) is 0 Å². The monoisotopic (exact) mass is 212 g/mol. The maximum atomic E-state index is 9.74. The third-order valence-corrected chi connectivity index (χ3v) is 0.594. The fraction of sp³-hybridized carbons (Fsp3) is 0. The van der Waals surface area contributed by atoms with E-state index < -0.39 is 13.9 Å². The van der Waals surface area contributed by atoms with Crippen LogP contribution in [-0.2, 0) is 26.3 Å². The summed E-state index contributed by atoms with van der Waals surface area (Å²) in [6.07, 6.45) is 0. The van der Waals surface area contributed by atoms with E-state index in [-0.39, 0.29) is 17.1 Å². The van der Waals surface area contributed by atoms with E-state index in [0.717, 1.165) is 0 Å². The summed E-state index contributed by atoms with van der Waals surface area (Å²) in [5.41, 5.74) is 5.64. The summed E-state index contributed by atoms with van der Waals surface area (Å²) in [6.45, 7) is 0. The van der Waals surface area contributed by atoms with Crippen molar-refractivity contribution >= 4 is 13.9 Å². The molecule has 62 valence electrons. The zero-order valence-electron chi connectivity index (χ0n) is 4.50. The molecule has 0 aromatic carbocycles. The van der Waals surface area contributed by atoms with Crippen LogP contribution in [0.5, 0.6) is 0 Å². The van der Waals surface area contributed by atoms with Gasteiger partial charge >= 0.3 is 13.9 Å². The topological polar surface area (TPSA) is 122 Å². The first-order chi connectivity index (χ1) is 3.92. The van der Waals surface area contributed by atoms with E-state index in [1.807, 2.05) is 0 Å². The summed E-state index contributed by atoms with van der Waals surface area (Å²) in [6, 6.07) is -1.17. The summed E-state index contributed by atoms with van der Waals surface area (Å²) in [5, 5.41) is 0. The standard InChI is InChI=1S/CH5N2O5P.Fe/c2-1(4)3-8-9(5,6)7;/h(H3,2,3,4)(H2,5,6,7);. The Morgan fingerprint density at radius 2 is 2.00 bits per heavy atom. The van der Waals surface area contributed by atoms with Gasteiger partial charge in [-0.1, -0.05) is 0 Å². The van der Waals surface area contributed by atoms with Crippen molar-refractivity contribution in [1.29, 1.82) is 0 Å². The molecule has 0 aliphatic rings. The average molecular weight is 212 g/mol. The largest absolute Gasteiger partial charge is 0.491 e. The molecule has 0 spiro atoms. The fourth-order valence-electron chi connectivity index (χ4n) is 0.104. The Bertz CT molecular complexity index is 154. The van der Waals surface area contributed by atoms with E-state index in [1.165, 1.54) is 5.48 Å². The molecule has 0 heterocycles. The van der Waals surface area contributed by atoms with E-state index in [4.69, 9.17) is 9.79 Å². The van der Waals surface area contributed by atoms with Gasteiger partial charge in [0.2, 0.25) is 0 Å². The van der Waals surface area contributed by atoms with Gasteiger partial charge in [-0.2, -0.15) is 4.62 Å². The fourth-order valence-corrected chi connectivity index (χ4v) is 0.313. The third-order valence-electron chi connectivity index (χ3n) is 0.265. The van der Waals surface area contributed by atoms with Crippen molar-refractivity contribution in [3.8, 4) is 0 Å². The van der Waals surface area contributed by atoms with E-state index in [0.29, 0.717) is 0 Å². The van der Waals surface area contributed by atoms with Gasteiger partial charge in [-0.25, -0.2) is 14.8 Å². The van der Waals surface area contributed by atoms with Gasteiger partial charge in [0.05, 0.1) is 0 Å². The van der Waals surface area contributed by atoms with Gasteiger partial charge in [0.15, 0.2) is 0 Å². The normalized spacial score (nSPS) is 9.80. The van der Waals surface area contributed by atoms with Gasteiger partial charge < -0.3 is 15.5 Å². The first kappa shape index (κ1) is 12.6. The van der Waals surface area contributed by atoms with Crippen molar-refractivity contribution in [3.63, 3.8) is 0 Å². The molecule has 0 unspecified atom stereocenters. The molecule has 0 saturated heterocycles. The quantitative estimate of drug-likeness (QED) is 0.256. The van der Waals surface area contributed by atoms with Gasteiger partial charge in [-0.15, -0.1) is 0 Å². The van der Waals surface area contributed by atoms with Gasteiger partial charge in [0.25, 0.3) is 0 Å². The molecule has 0 aromatic rings. The van der Waals surface area contributed by atoms with E-state index >= 15 is 0 Å². The molecule has 0 aliphatic heterocycles. The molecule has 10 heavy (non-hydrogen) atoms. The minimum absolute atomic E-state index is 0. The second-order valence-corrected chi connectivity index (χ2v) is 2.21. The van der Waals surface area contributed by atoms with Crippen molar-refractivity contribution in [2.45, 2.75) is 0 Å². The first-order valence-corrected chi connectivity index (χ1v) is 3.24. The Morgan fingerprint density at radius 1 is 1.60 bits per heavy atom. The molecule has 0 bridgehead atoms. The van der Waals surface area contributed by atoms with Crippen molar-refractivity contribution in [2.24, 2.45) is 5.73 Å². The zero-order chi connectivity index (χ0) is 7.49. The third kappa shape index (κ3) is 10.8. The van der Waals surface area contributed by atoms with Crippen LogP contribution in [0.1, 0.15) is 0 Å². The number of hydrogen-bond acceptors (Lipinski definition) is 3. The average Bonchev–Trinajstić information content (AvgIpc) is 1.59. The minimum atomic E-state index is -4.63. The molecule has 0 fully saturated rings. The number of amides is 2. The maximum absolute atomic E-state index is 9.74. The van der Waals surface area contributed by atoms with Crippen molar-refractivity contribution in [1.82, 2.24) is 5.48 Å². The van der Waals surface area contributed by atoms with Crippen LogP contribution in [0.3, 0.4) is 0 Å². The number of hydrogen-bond donors (Lipinski definition) is 4. The van der Waals surface area contributed by atoms with Gasteiger partial charge in [0, 0.05) is 17.1 Å². The number of nitrogens with two attached hydrogens (primary N) is 1. The summed E-state index contributed by atoms with van der Waals surface area (Å²) >= 11 is 0. The number of nitrogens with one attached hydrogen (secondary N) is 1. The Kier molecular flexibility index (Phi) is 5.87. The Labute approximate surface area is 66.6 Å². The Balaban J connectivity index is 0. The molecule has 5 N–H and O–H groups in total. The van der Waals surface area contributed by atoms with Crippen molar-refractivity contribution < 1.29 is 40.8 Å². The van der Waals surface area contributed by atoms with Crippen molar-refractivity contribution in [3.05, 3.63) is 0 Å². The number of carbonyl (C=O) groups is 1. The molecule has 2 amide bonds. The van der Waals surface area contributed by atoms with Gasteiger partial charge in [-0.3, -0.25) is 0 Å². The summed E-state index contributed by atoms with van der Waals surface area (Å²) < 4.78 is 13.2. The van der Waals surface area contributed by atoms with Crippen molar-refractivity contribution in [2.75, 3.05) is 0 Å². The predicted molar refractivity (Wildman–Crippen MR) is 25.8 cm³/mol. The number of carbonyl (C=O) groups excluding carboxylic acids is 1. The summed E-state index contributed by atoms with van der Waals surface area (Å²) in [4.78, 5) is 25.5. The molecule has 0 aromatic heterocycles. The minimum Gasteiger partial charge on any atom is -0.350 e. The summed E-state index contributed by atoms with van der Waals surface area (Å²) in [5.74, 6) is 0. The zero-order valence-corrected chi connectivity index (χ0v) is 6.50. The second kappa shape index (κ2) is 4.67. The van der Waals surface area contributed by atoms with Crippen LogP contribution in [0.4, 0.5) is 4.79 Å². The number of hydroxylamine groups is 1. The number of primary amides is 1. The van der Waals surface area contributed by atoms with Crippen LogP contribution in [0, 0.1) is 0 Å². The Hall–Kier alpha value is -0.101. The van der Waals surface area contributed by atoms with E-state index in [2.05, 4.69) is 10.4 Å². The number of rotatable bonds is 2. The molecular formula is CH5FeN2O5P. The van der Waals surface area contributed by atoms with Crippen LogP contribution in [0.2, 0.25) is 0 Å². The molecule has 0 radical (unpaired) electrons. The number of urea groups is 1. The molecular weight excluding hydrogens is 207 g/mol. The molecule has 0 atom stereocenters. The first-order valence-electron chi connectivity index (χ1n) is 1.71. The van der Waals surface area contributed by atoms with Crippen LogP contribution < -0.4 is 11.2 Å². The SMILES string of the molecule is NC(=O)NOP(=O)(O)O.[Fe]. The van der Waals surface area contributed by atoms with Crippen LogP contribution in [0.25, 0.3) is 0 Å². The molecule has 7 nitrogen and oxygen atoms in total. The van der Waals surface area contributed by atoms with Gasteiger partial charge in [0.1, 0.15) is 0 Å². The van der Waals surface area contributed by atoms with Crippen LogP contribution in [-0.4, -0.2) is 15.8 Å². The van der Waals surface area contributed by atoms with Crippen LogP contribution >= 0.6 is 7.82 Å². The molecule has 9 heteroatoms.